The van der Waals surface area contributed by atoms with E-state index in [1.807, 2.05) is 0 Å². The molecule has 2 N–H and O–H groups in total. The zero-order valence-corrected chi connectivity index (χ0v) is 10.7. The highest BCUT2D eigenvalue weighted by molar-refractivity contribution is 6.08. The lowest BCUT2D eigenvalue weighted by Gasteiger charge is -2.00. The Kier molecular flexibility index (Phi) is 3.70. The number of carbonyl (C=O) groups is 1. The molecular weight excluding hydrogens is 260 g/mol. The maximum Gasteiger partial charge on any atom is 0.351 e. The van der Waals surface area contributed by atoms with E-state index in [2.05, 4.69) is 0 Å². The van der Waals surface area contributed by atoms with Gasteiger partial charge in [-0.2, -0.15) is 0 Å². The van der Waals surface area contributed by atoms with E-state index in [1.165, 1.54) is 31.2 Å². The van der Waals surface area contributed by atoms with E-state index in [9.17, 15) is 14.7 Å². The number of phenols is 1. The minimum atomic E-state index is -0.872. The van der Waals surface area contributed by atoms with E-state index in [0.717, 1.165) is 6.08 Å². The van der Waals surface area contributed by atoms with Gasteiger partial charge < -0.3 is 14.6 Å². The molecule has 0 aliphatic carbocycles. The molecule has 2 aromatic rings. The molecule has 0 aliphatic rings. The number of benzene rings is 1. The Morgan fingerprint density at radius 1 is 1.20 bits per heavy atom. The van der Waals surface area contributed by atoms with Crippen molar-refractivity contribution in [3.63, 3.8) is 0 Å². The summed E-state index contributed by atoms with van der Waals surface area (Å²) in [5, 5.41) is 18.8. The van der Waals surface area contributed by atoms with Gasteiger partial charge in [0, 0.05) is 6.07 Å². The van der Waals surface area contributed by atoms with Crippen molar-refractivity contribution in [2.75, 3.05) is 0 Å². The van der Waals surface area contributed by atoms with E-state index in [1.54, 1.807) is 12.1 Å². The Labute approximate surface area is 114 Å². The van der Waals surface area contributed by atoms with Gasteiger partial charge in [0.1, 0.15) is 22.8 Å². The molecular formula is C15H12O5. The van der Waals surface area contributed by atoms with E-state index < -0.39 is 22.7 Å². The Bertz CT molecular complexity index is 723. The number of phenolic OH excluding ortho intramolecular Hbond substituents is 1. The van der Waals surface area contributed by atoms with Crippen LogP contribution in [0.25, 0.3) is 6.08 Å². The first-order valence-corrected chi connectivity index (χ1v) is 5.82. The number of aromatic hydroxyl groups is 2. The van der Waals surface area contributed by atoms with Crippen LogP contribution in [0, 0.1) is 6.92 Å². The molecule has 1 heterocycles. The largest absolute Gasteiger partial charge is 0.508 e. The Morgan fingerprint density at radius 3 is 2.45 bits per heavy atom. The first-order valence-electron chi connectivity index (χ1n) is 5.82. The highest BCUT2D eigenvalue weighted by atomic mass is 16.4. The SMILES string of the molecule is Cc1cc(O)c(C(=O)/C=C/c2ccc(O)cc2)c(=O)o1. The number of carbonyl (C=O) groups excluding carboxylic acids is 1. The van der Waals surface area contributed by atoms with Crippen molar-refractivity contribution < 1.29 is 19.4 Å². The average molecular weight is 272 g/mol. The number of allylic oxidation sites excluding steroid dienone is 1. The van der Waals surface area contributed by atoms with E-state index in [-0.39, 0.29) is 11.5 Å². The highest BCUT2D eigenvalue weighted by Gasteiger charge is 2.15. The van der Waals surface area contributed by atoms with Crippen LogP contribution in [0.1, 0.15) is 21.7 Å². The van der Waals surface area contributed by atoms with Crippen molar-refractivity contribution in [2.45, 2.75) is 6.92 Å². The first kappa shape index (κ1) is 13.6. The van der Waals surface area contributed by atoms with Gasteiger partial charge in [0.25, 0.3) is 0 Å². The van der Waals surface area contributed by atoms with Gasteiger partial charge in [0.05, 0.1) is 0 Å². The summed E-state index contributed by atoms with van der Waals surface area (Å²) < 4.78 is 4.77. The maximum atomic E-state index is 11.9. The van der Waals surface area contributed by atoms with Crippen LogP contribution in [0.4, 0.5) is 0 Å². The van der Waals surface area contributed by atoms with Crippen molar-refractivity contribution in [1.29, 1.82) is 0 Å². The predicted octanol–water partition coefficient (Wildman–Crippen LogP) is 2.26. The normalized spacial score (nSPS) is 10.8. The van der Waals surface area contributed by atoms with Crippen LogP contribution in [0.2, 0.25) is 0 Å². The molecule has 0 fully saturated rings. The molecule has 0 atom stereocenters. The molecule has 5 heteroatoms. The van der Waals surface area contributed by atoms with Crippen molar-refractivity contribution in [3.05, 3.63) is 63.7 Å². The van der Waals surface area contributed by atoms with Gasteiger partial charge >= 0.3 is 5.63 Å². The fourth-order valence-electron chi connectivity index (χ4n) is 1.66. The molecule has 0 amide bonds. The third-order valence-electron chi connectivity index (χ3n) is 2.62. The summed E-state index contributed by atoms with van der Waals surface area (Å²) in [7, 11) is 0. The third kappa shape index (κ3) is 2.95. The molecule has 1 aromatic heterocycles. The van der Waals surface area contributed by atoms with Crippen LogP contribution < -0.4 is 5.63 Å². The highest BCUT2D eigenvalue weighted by Crippen LogP contribution is 2.16. The molecule has 0 aliphatic heterocycles. The summed E-state index contributed by atoms with van der Waals surface area (Å²) in [6.07, 6.45) is 2.63. The summed E-state index contributed by atoms with van der Waals surface area (Å²) in [6.45, 7) is 1.50. The van der Waals surface area contributed by atoms with Crippen LogP contribution >= 0.6 is 0 Å². The lowest BCUT2D eigenvalue weighted by molar-refractivity contribution is 0.104. The monoisotopic (exact) mass is 272 g/mol. The number of hydrogen-bond acceptors (Lipinski definition) is 5. The second-order valence-corrected chi connectivity index (χ2v) is 4.19. The number of rotatable bonds is 3. The van der Waals surface area contributed by atoms with Crippen molar-refractivity contribution >= 4 is 11.9 Å². The fourth-order valence-corrected chi connectivity index (χ4v) is 1.66. The summed E-state index contributed by atoms with van der Waals surface area (Å²) in [6, 6.07) is 7.37. The summed E-state index contributed by atoms with van der Waals surface area (Å²) in [5.41, 5.74) is -0.597. The zero-order valence-electron chi connectivity index (χ0n) is 10.7. The van der Waals surface area contributed by atoms with Crippen molar-refractivity contribution in [3.8, 4) is 11.5 Å². The van der Waals surface area contributed by atoms with Crippen LogP contribution in [0.3, 0.4) is 0 Å². The number of aryl methyl sites for hydroxylation is 1. The van der Waals surface area contributed by atoms with Gasteiger partial charge in [-0.3, -0.25) is 4.79 Å². The van der Waals surface area contributed by atoms with Crippen LogP contribution in [-0.2, 0) is 0 Å². The average Bonchev–Trinajstić information content (AvgIpc) is 2.37. The third-order valence-corrected chi connectivity index (χ3v) is 2.62. The molecule has 0 saturated carbocycles. The van der Waals surface area contributed by atoms with Crippen LogP contribution in [0.15, 0.2) is 45.6 Å². The van der Waals surface area contributed by atoms with Gasteiger partial charge in [-0.1, -0.05) is 18.2 Å². The molecule has 0 bridgehead atoms. The quantitative estimate of drug-likeness (QED) is 0.661. The molecule has 5 nitrogen and oxygen atoms in total. The minimum absolute atomic E-state index is 0.116. The van der Waals surface area contributed by atoms with E-state index in [0.29, 0.717) is 5.56 Å². The molecule has 0 unspecified atom stereocenters. The minimum Gasteiger partial charge on any atom is -0.508 e. The Balaban J connectivity index is 2.29. The standard InChI is InChI=1S/C15H12O5/c1-9-8-13(18)14(15(19)20-9)12(17)7-4-10-2-5-11(16)6-3-10/h2-8,16,18H,1H3/b7-4+. The molecule has 1 aromatic carbocycles. The lowest BCUT2D eigenvalue weighted by atomic mass is 10.1. The second-order valence-electron chi connectivity index (χ2n) is 4.19. The zero-order chi connectivity index (χ0) is 14.7. The summed E-state index contributed by atoms with van der Waals surface area (Å²) >= 11 is 0. The Morgan fingerprint density at radius 2 is 1.85 bits per heavy atom. The molecule has 20 heavy (non-hydrogen) atoms. The molecule has 0 saturated heterocycles. The van der Waals surface area contributed by atoms with Crippen molar-refractivity contribution in [1.82, 2.24) is 0 Å². The molecule has 0 spiro atoms. The Hall–Kier alpha value is -2.82. The number of hydrogen-bond donors (Lipinski definition) is 2. The van der Waals surface area contributed by atoms with Gasteiger partial charge in [-0.05, 0) is 30.7 Å². The first-order chi connectivity index (χ1) is 9.47. The smallest absolute Gasteiger partial charge is 0.351 e. The van der Waals surface area contributed by atoms with Gasteiger partial charge in [-0.25, -0.2) is 4.79 Å². The maximum absolute atomic E-state index is 11.9. The number of ketones is 1. The van der Waals surface area contributed by atoms with Gasteiger partial charge in [0.15, 0.2) is 5.78 Å². The topological polar surface area (TPSA) is 87.7 Å². The van der Waals surface area contributed by atoms with Gasteiger partial charge in [0.2, 0.25) is 0 Å². The van der Waals surface area contributed by atoms with Crippen LogP contribution in [-0.4, -0.2) is 16.0 Å². The van der Waals surface area contributed by atoms with Gasteiger partial charge in [-0.15, -0.1) is 0 Å². The van der Waals surface area contributed by atoms with E-state index >= 15 is 0 Å². The van der Waals surface area contributed by atoms with Crippen molar-refractivity contribution in [2.24, 2.45) is 0 Å². The van der Waals surface area contributed by atoms with E-state index in [4.69, 9.17) is 9.52 Å². The second kappa shape index (κ2) is 5.44. The molecule has 0 radical (unpaired) electrons. The summed E-state index contributed by atoms with van der Waals surface area (Å²) in [5.74, 6) is -0.708. The molecule has 2 rings (SSSR count). The summed E-state index contributed by atoms with van der Waals surface area (Å²) in [4.78, 5) is 23.4. The van der Waals surface area contributed by atoms with Crippen LogP contribution in [0.5, 0.6) is 11.5 Å². The predicted molar refractivity (Wildman–Crippen MR) is 72.9 cm³/mol. The lowest BCUT2D eigenvalue weighted by Crippen LogP contribution is -2.12. The molecule has 102 valence electrons. The fraction of sp³-hybridized carbons (Fsp3) is 0.0667.